The number of halogens is 4. The molecule has 1 aromatic heterocycles. The number of tetrazole rings is 1. The summed E-state index contributed by atoms with van der Waals surface area (Å²) >= 11 is 4.81. The number of alkyl halides is 3. The highest BCUT2D eigenvalue weighted by atomic mass is 35.5. The molecule has 0 bridgehead atoms. The Hall–Kier alpha value is -1.18. The van der Waals surface area contributed by atoms with Crippen LogP contribution in [0, 0.1) is 0 Å². The maximum atomic E-state index is 11.8. The Morgan fingerprint density at radius 3 is 2.54 bits per heavy atom. The Bertz CT molecular complexity index is 329. The molecule has 5 nitrogen and oxygen atoms in total. The average molecular weight is 214 g/mol. The van der Waals surface area contributed by atoms with Gasteiger partial charge in [-0.1, -0.05) is 16.7 Å². The highest BCUT2D eigenvalue weighted by Gasteiger charge is 2.34. The highest BCUT2D eigenvalue weighted by Crippen LogP contribution is 2.21. The van der Waals surface area contributed by atoms with Crippen LogP contribution < -0.4 is 0 Å². The molecule has 0 saturated heterocycles. The molecule has 0 fully saturated rings. The monoisotopic (exact) mass is 213 g/mol. The van der Waals surface area contributed by atoms with Crippen molar-refractivity contribution in [1.82, 2.24) is 20.2 Å². The third-order valence-corrected chi connectivity index (χ3v) is 1.23. The van der Waals surface area contributed by atoms with E-state index in [4.69, 9.17) is 11.6 Å². The topological polar surface area (TPSA) is 56.0 Å². The van der Waals surface area contributed by atoms with Crippen LogP contribution in [0.5, 0.6) is 0 Å². The van der Waals surface area contributed by atoms with Crippen molar-refractivity contribution in [2.75, 3.05) is 0 Å². The van der Waals surface area contributed by atoms with Crippen molar-refractivity contribution < 1.29 is 13.2 Å². The number of nitrogens with zero attached hydrogens (tertiary/aromatic N) is 5. The summed E-state index contributed by atoms with van der Waals surface area (Å²) < 4.78 is 35.4. The summed E-state index contributed by atoms with van der Waals surface area (Å²) in [5.74, 6) is -0.426. The summed E-state index contributed by atoms with van der Waals surface area (Å²) in [7, 11) is 1.40. The second-order valence-electron chi connectivity index (χ2n) is 1.98. The van der Waals surface area contributed by atoms with Gasteiger partial charge in [0.05, 0.1) is 7.05 Å². The van der Waals surface area contributed by atoms with Gasteiger partial charge in [-0.05, 0) is 5.21 Å². The number of hydrogen-bond acceptors (Lipinski definition) is 4. The van der Waals surface area contributed by atoms with E-state index >= 15 is 0 Å². The summed E-state index contributed by atoms with van der Waals surface area (Å²) in [6.45, 7) is 0. The Balaban J connectivity index is 2.89. The van der Waals surface area contributed by atoms with Gasteiger partial charge in [-0.2, -0.15) is 23.0 Å². The number of aliphatic imine (C=N–C) groups is 1. The summed E-state index contributed by atoms with van der Waals surface area (Å²) in [5.41, 5.74) is 0. The van der Waals surface area contributed by atoms with Crippen molar-refractivity contribution in [2.45, 2.75) is 6.18 Å². The van der Waals surface area contributed by atoms with Crippen LogP contribution in [-0.2, 0) is 7.05 Å². The van der Waals surface area contributed by atoms with Crippen LogP contribution in [0.25, 0.3) is 0 Å². The van der Waals surface area contributed by atoms with Gasteiger partial charge in [-0.3, -0.25) is 0 Å². The molecule has 1 aromatic rings. The van der Waals surface area contributed by atoms with Gasteiger partial charge < -0.3 is 0 Å². The van der Waals surface area contributed by atoms with Crippen molar-refractivity contribution in [3.05, 3.63) is 0 Å². The van der Waals surface area contributed by atoms with E-state index in [-0.39, 0.29) is 0 Å². The molecule has 0 radical (unpaired) electrons. The Kier molecular flexibility index (Phi) is 2.50. The average Bonchev–Trinajstić information content (AvgIpc) is 2.33. The first-order valence-corrected chi connectivity index (χ1v) is 3.33. The third-order valence-electron chi connectivity index (χ3n) is 0.930. The van der Waals surface area contributed by atoms with E-state index < -0.39 is 17.3 Å². The molecular weight excluding hydrogens is 211 g/mol. The van der Waals surface area contributed by atoms with E-state index in [9.17, 15) is 13.2 Å². The second kappa shape index (κ2) is 3.29. The van der Waals surface area contributed by atoms with Crippen LogP contribution in [0.4, 0.5) is 19.1 Å². The van der Waals surface area contributed by atoms with Crippen LogP contribution in [0.2, 0.25) is 0 Å². The number of aryl methyl sites for hydroxylation is 1. The van der Waals surface area contributed by atoms with E-state index in [2.05, 4.69) is 20.4 Å². The minimum Gasteiger partial charge on any atom is -0.191 e. The van der Waals surface area contributed by atoms with Crippen LogP contribution in [-0.4, -0.2) is 31.6 Å². The maximum Gasteiger partial charge on any atom is 0.444 e. The van der Waals surface area contributed by atoms with Gasteiger partial charge in [0.15, 0.2) is 0 Å². The standard InChI is InChI=1S/C4H3ClF3N5/c1-13-11-3(10-12-13)9-2(5)4(6,7)8/h1H3. The Morgan fingerprint density at radius 2 is 2.15 bits per heavy atom. The molecule has 0 aliphatic heterocycles. The zero-order valence-corrected chi connectivity index (χ0v) is 7.00. The fourth-order valence-electron chi connectivity index (χ4n) is 0.470. The molecule has 0 spiro atoms. The van der Waals surface area contributed by atoms with Crippen LogP contribution in [0.3, 0.4) is 0 Å². The molecule has 0 aliphatic rings. The first kappa shape index (κ1) is 9.90. The first-order valence-electron chi connectivity index (χ1n) is 2.95. The lowest BCUT2D eigenvalue weighted by molar-refractivity contribution is -0.0558. The maximum absolute atomic E-state index is 11.8. The van der Waals surface area contributed by atoms with Crippen molar-refractivity contribution in [2.24, 2.45) is 12.0 Å². The molecule has 0 N–H and O–H groups in total. The highest BCUT2D eigenvalue weighted by molar-refractivity contribution is 6.67. The predicted octanol–water partition coefficient (Wildman–Crippen LogP) is 1.04. The van der Waals surface area contributed by atoms with Crippen molar-refractivity contribution in [1.29, 1.82) is 0 Å². The van der Waals surface area contributed by atoms with Crippen molar-refractivity contribution in [3.8, 4) is 0 Å². The lowest BCUT2D eigenvalue weighted by Gasteiger charge is -1.99. The van der Waals surface area contributed by atoms with Gasteiger partial charge in [0.25, 0.3) is 5.95 Å². The lowest BCUT2D eigenvalue weighted by atomic mass is 10.7. The zero-order valence-electron chi connectivity index (χ0n) is 6.25. The molecule has 1 rings (SSSR count). The number of rotatable bonds is 1. The first-order chi connectivity index (χ1) is 5.89. The van der Waals surface area contributed by atoms with Crippen LogP contribution >= 0.6 is 11.6 Å². The molecule has 1 heterocycles. The molecule has 0 saturated carbocycles. The molecule has 13 heavy (non-hydrogen) atoms. The second-order valence-corrected chi connectivity index (χ2v) is 2.34. The molecule has 9 heteroatoms. The minimum atomic E-state index is -4.68. The fourth-order valence-corrected chi connectivity index (χ4v) is 0.546. The van der Waals surface area contributed by atoms with Crippen molar-refractivity contribution >= 4 is 22.7 Å². The number of aromatic nitrogens is 4. The van der Waals surface area contributed by atoms with E-state index in [1.165, 1.54) is 7.05 Å². The SMILES string of the molecule is Cn1nnc(N=C(Cl)C(F)(F)F)n1. The quantitative estimate of drug-likeness (QED) is 0.655. The summed E-state index contributed by atoms with van der Waals surface area (Å²) in [4.78, 5) is 3.87. The zero-order chi connectivity index (χ0) is 10.1. The minimum absolute atomic E-state index is 0.426. The normalized spacial score (nSPS) is 13.5. The molecule has 0 amide bonds. The van der Waals surface area contributed by atoms with E-state index in [1.807, 2.05) is 0 Å². The summed E-state index contributed by atoms with van der Waals surface area (Å²) in [5, 5.41) is 8.33. The molecule has 0 atom stereocenters. The van der Waals surface area contributed by atoms with E-state index in [0.29, 0.717) is 0 Å². The fraction of sp³-hybridized carbons (Fsp3) is 0.500. The van der Waals surface area contributed by atoms with E-state index in [1.54, 1.807) is 0 Å². The van der Waals surface area contributed by atoms with Crippen LogP contribution in [0.15, 0.2) is 4.99 Å². The third kappa shape index (κ3) is 2.65. The van der Waals surface area contributed by atoms with Gasteiger partial charge in [0.2, 0.25) is 5.17 Å². The summed E-state index contributed by atoms with van der Waals surface area (Å²) in [6, 6.07) is 0. The largest absolute Gasteiger partial charge is 0.444 e. The molecule has 0 unspecified atom stereocenters. The molecule has 0 aromatic carbocycles. The van der Waals surface area contributed by atoms with E-state index in [0.717, 1.165) is 4.80 Å². The molecule has 72 valence electrons. The lowest BCUT2D eigenvalue weighted by Crippen LogP contribution is -2.16. The van der Waals surface area contributed by atoms with Gasteiger partial charge in [0.1, 0.15) is 0 Å². The molecule has 0 aliphatic carbocycles. The van der Waals surface area contributed by atoms with Gasteiger partial charge in [0, 0.05) is 0 Å². The van der Waals surface area contributed by atoms with Crippen LogP contribution in [0.1, 0.15) is 0 Å². The Labute approximate surface area is 75.2 Å². The van der Waals surface area contributed by atoms with Crippen molar-refractivity contribution in [3.63, 3.8) is 0 Å². The Morgan fingerprint density at radius 1 is 1.54 bits per heavy atom. The van der Waals surface area contributed by atoms with Gasteiger partial charge in [-0.25, -0.2) is 0 Å². The smallest absolute Gasteiger partial charge is 0.191 e. The predicted molar refractivity (Wildman–Crippen MR) is 37.8 cm³/mol. The van der Waals surface area contributed by atoms with Gasteiger partial charge >= 0.3 is 6.18 Å². The summed E-state index contributed by atoms with van der Waals surface area (Å²) in [6.07, 6.45) is -4.68. The molecular formula is C4H3ClF3N5. The van der Waals surface area contributed by atoms with Gasteiger partial charge in [-0.15, -0.1) is 5.10 Å². The number of hydrogen-bond donors (Lipinski definition) is 0.